The summed E-state index contributed by atoms with van der Waals surface area (Å²) in [6, 6.07) is 6.97. The third-order valence-electron chi connectivity index (χ3n) is 3.71. The van der Waals surface area contributed by atoms with Crippen molar-refractivity contribution in [2.75, 3.05) is 0 Å². The predicted octanol–water partition coefficient (Wildman–Crippen LogP) is 4.46. The fourth-order valence-electron chi connectivity index (χ4n) is 2.58. The maximum atomic E-state index is 6.30. The summed E-state index contributed by atoms with van der Waals surface area (Å²) < 4.78 is 0. The van der Waals surface area contributed by atoms with Crippen LogP contribution in [0.4, 0.5) is 0 Å². The van der Waals surface area contributed by atoms with Crippen molar-refractivity contribution in [3.05, 3.63) is 34.3 Å². The summed E-state index contributed by atoms with van der Waals surface area (Å²) >= 11 is 6.30. The summed E-state index contributed by atoms with van der Waals surface area (Å²) in [5, 5.41) is 4.59. The van der Waals surface area contributed by atoms with Gasteiger partial charge in [0.2, 0.25) is 0 Å². The fourth-order valence-corrected chi connectivity index (χ4v) is 2.78. The number of aryl methyl sites for hydroxylation is 1. The Bertz CT molecular complexity index is 354. The summed E-state index contributed by atoms with van der Waals surface area (Å²) in [6.45, 7) is 2.97. The van der Waals surface area contributed by atoms with Gasteiger partial charge in [-0.1, -0.05) is 55.5 Å². The van der Waals surface area contributed by atoms with Crippen molar-refractivity contribution in [2.24, 2.45) is 0 Å². The molecule has 0 bridgehead atoms. The first-order chi connectivity index (χ1) is 8.27. The van der Waals surface area contributed by atoms with E-state index in [-0.39, 0.29) is 0 Å². The van der Waals surface area contributed by atoms with E-state index >= 15 is 0 Å². The zero-order valence-corrected chi connectivity index (χ0v) is 11.4. The molecule has 2 rings (SSSR count). The zero-order valence-electron chi connectivity index (χ0n) is 10.6. The van der Waals surface area contributed by atoms with Crippen LogP contribution in [0.5, 0.6) is 0 Å². The smallest absolute Gasteiger partial charge is 0.0480 e. The van der Waals surface area contributed by atoms with Crippen LogP contribution in [-0.4, -0.2) is 6.04 Å². The molecule has 17 heavy (non-hydrogen) atoms. The third-order valence-corrected chi connectivity index (χ3v) is 4.25. The van der Waals surface area contributed by atoms with Crippen molar-refractivity contribution in [2.45, 2.75) is 58.0 Å². The van der Waals surface area contributed by atoms with Crippen molar-refractivity contribution in [1.82, 2.24) is 5.32 Å². The lowest BCUT2D eigenvalue weighted by Crippen LogP contribution is -2.28. The Hall–Kier alpha value is -0.530. The Balaban J connectivity index is 1.90. The highest BCUT2D eigenvalue weighted by Crippen LogP contribution is 2.22. The number of benzene rings is 1. The molecule has 1 N–H and O–H groups in total. The molecule has 1 aromatic carbocycles. The molecule has 0 saturated heterocycles. The number of rotatable bonds is 3. The summed E-state index contributed by atoms with van der Waals surface area (Å²) in [7, 11) is 0. The van der Waals surface area contributed by atoms with E-state index in [2.05, 4.69) is 30.4 Å². The maximum Gasteiger partial charge on any atom is 0.0480 e. The van der Waals surface area contributed by atoms with E-state index in [1.54, 1.807) is 0 Å². The van der Waals surface area contributed by atoms with Gasteiger partial charge in [-0.3, -0.25) is 0 Å². The standard InChI is InChI=1S/C15H22ClN/c1-12-7-6-8-13(15(12)16)11-17-14-9-4-2-3-5-10-14/h6-8,14,17H,2-5,9-11H2,1H3. The molecule has 2 heteroatoms. The van der Waals surface area contributed by atoms with Crippen molar-refractivity contribution in [1.29, 1.82) is 0 Å². The summed E-state index contributed by atoms with van der Waals surface area (Å²) in [4.78, 5) is 0. The second-order valence-electron chi connectivity index (χ2n) is 5.12. The Labute approximate surface area is 110 Å². The molecule has 1 fully saturated rings. The third kappa shape index (κ3) is 3.72. The van der Waals surface area contributed by atoms with Crippen LogP contribution in [0.2, 0.25) is 5.02 Å². The van der Waals surface area contributed by atoms with Crippen molar-refractivity contribution < 1.29 is 0 Å². The van der Waals surface area contributed by atoms with Gasteiger partial charge in [-0.2, -0.15) is 0 Å². The van der Waals surface area contributed by atoms with Crippen LogP contribution < -0.4 is 5.32 Å². The van der Waals surface area contributed by atoms with E-state index in [1.807, 2.05) is 0 Å². The van der Waals surface area contributed by atoms with E-state index < -0.39 is 0 Å². The largest absolute Gasteiger partial charge is 0.310 e. The molecule has 1 aromatic rings. The average molecular weight is 252 g/mol. The molecule has 0 amide bonds. The van der Waals surface area contributed by atoms with Gasteiger partial charge < -0.3 is 5.32 Å². The van der Waals surface area contributed by atoms with E-state index in [1.165, 1.54) is 49.7 Å². The minimum absolute atomic E-state index is 0.689. The molecule has 0 spiro atoms. The molecule has 1 saturated carbocycles. The molecule has 0 atom stereocenters. The second-order valence-corrected chi connectivity index (χ2v) is 5.50. The van der Waals surface area contributed by atoms with Gasteiger partial charge in [0, 0.05) is 17.6 Å². The van der Waals surface area contributed by atoms with Gasteiger partial charge in [-0.25, -0.2) is 0 Å². The zero-order chi connectivity index (χ0) is 12.1. The Morgan fingerprint density at radius 3 is 2.59 bits per heavy atom. The molecule has 1 nitrogen and oxygen atoms in total. The first-order valence-electron chi connectivity index (χ1n) is 6.75. The van der Waals surface area contributed by atoms with Crippen LogP contribution >= 0.6 is 11.6 Å². The lowest BCUT2D eigenvalue weighted by Gasteiger charge is -2.17. The van der Waals surface area contributed by atoms with Gasteiger partial charge in [0.1, 0.15) is 0 Å². The van der Waals surface area contributed by atoms with Gasteiger partial charge in [0.25, 0.3) is 0 Å². The number of hydrogen-bond donors (Lipinski definition) is 1. The Kier molecular flexibility index (Phi) is 4.87. The van der Waals surface area contributed by atoms with Crippen LogP contribution in [-0.2, 0) is 6.54 Å². The molecular formula is C15H22ClN. The van der Waals surface area contributed by atoms with E-state index in [4.69, 9.17) is 11.6 Å². The molecular weight excluding hydrogens is 230 g/mol. The lowest BCUT2D eigenvalue weighted by molar-refractivity contribution is 0.459. The van der Waals surface area contributed by atoms with Gasteiger partial charge in [-0.05, 0) is 30.9 Å². The van der Waals surface area contributed by atoms with Gasteiger partial charge >= 0.3 is 0 Å². The number of nitrogens with one attached hydrogen (secondary N) is 1. The molecule has 1 aliphatic carbocycles. The molecule has 0 radical (unpaired) electrons. The number of halogens is 1. The highest BCUT2D eigenvalue weighted by Gasteiger charge is 2.12. The summed E-state index contributed by atoms with van der Waals surface area (Å²) in [5.74, 6) is 0. The normalized spacial score (nSPS) is 18.0. The topological polar surface area (TPSA) is 12.0 Å². The summed E-state index contributed by atoms with van der Waals surface area (Å²) in [5.41, 5.74) is 2.41. The first-order valence-corrected chi connectivity index (χ1v) is 7.12. The maximum absolute atomic E-state index is 6.30. The molecule has 0 heterocycles. The monoisotopic (exact) mass is 251 g/mol. The molecule has 0 aromatic heterocycles. The lowest BCUT2D eigenvalue weighted by atomic mass is 10.1. The highest BCUT2D eigenvalue weighted by molar-refractivity contribution is 6.32. The Morgan fingerprint density at radius 2 is 1.88 bits per heavy atom. The van der Waals surface area contributed by atoms with E-state index in [0.29, 0.717) is 6.04 Å². The van der Waals surface area contributed by atoms with E-state index in [0.717, 1.165) is 11.6 Å². The van der Waals surface area contributed by atoms with Crippen molar-refractivity contribution in [3.8, 4) is 0 Å². The quantitative estimate of drug-likeness (QED) is 0.782. The predicted molar refractivity (Wildman–Crippen MR) is 74.5 cm³/mol. The minimum Gasteiger partial charge on any atom is -0.310 e. The molecule has 1 aliphatic rings. The van der Waals surface area contributed by atoms with Crippen LogP contribution in [0.3, 0.4) is 0 Å². The molecule has 0 unspecified atom stereocenters. The van der Waals surface area contributed by atoms with Crippen LogP contribution in [0.15, 0.2) is 18.2 Å². The highest BCUT2D eigenvalue weighted by atomic mass is 35.5. The Morgan fingerprint density at radius 1 is 1.18 bits per heavy atom. The number of hydrogen-bond acceptors (Lipinski definition) is 1. The second kappa shape index (κ2) is 6.42. The molecule has 94 valence electrons. The first kappa shape index (κ1) is 12.9. The summed E-state index contributed by atoms with van der Waals surface area (Å²) in [6.07, 6.45) is 8.21. The SMILES string of the molecule is Cc1cccc(CNC2CCCCCC2)c1Cl. The minimum atomic E-state index is 0.689. The fraction of sp³-hybridized carbons (Fsp3) is 0.600. The van der Waals surface area contributed by atoms with Crippen molar-refractivity contribution in [3.63, 3.8) is 0 Å². The van der Waals surface area contributed by atoms with Crippen LogP contribution in [0, 0.1) is 6.92 Å². The van der Waals surface area contributed by atoms with Crippen molar-refractivity contribution >= 4 is 11.6 Å². The van der Waals surface area contributed by atoms with Crippen LogP contribution in [0.1, 0.15) is 49.7 Å². The van der Waals surface area contributed by atoms with Gasteiger partial charge in [0.05, 0.1) is 0 Å². The van der Waals surface area contributed by atoms with Crippen LogP contribution in [0.25, 0.3) is 0 Å². The molecule has 0 aliphatic heterocycles. The average Bonchev–Trinajstić information content (AvgIpc) is 2.59. The van der Waals surface area contributed by atoms with Gasteiger partial charge in [0.15, 0.2) is 0 Å². The van der Waals surface area contributed by atoms with E-state index in [9.17, 15) is 0 Å². The van der Waals surface area contributed by atoms with Gasteiger partial charge in [-0.15, -0.1) is 0 Å².